The minimum Gasteiger partial charge on any atom is -0.482 e. The third kappa shape index (κ3) is 2.03. The molecule has 2 aliphatic rings. The molecule has 112 valence electrons. The molecule has 0 N–H and O–H groups in total. The van der Waals surface area contributed by atoms with E-state index in [1.807, 2.05) is 12.1 Å². The van der Waals surface area contributed by atoms with E-state index >= 15 is 0 Å². The molecule has 0 atom stereocenters. The van der Waals surface area contributed by atoms with Gasteiger partial charge in [0.15, 0.2) is 17.7 Å². The first kappa shape index (κ1) is 12.9. The Bertz CT molecular complexity index is 737. The number of likely N-dealkylation sites (tertiary alicyclic amines) is 1. The maximum Gasteiger partial charge on any atom is 0.246 e. The lowest BCUT2D eigenvalue weighted by Crippen LogP contribution is -2.68. The van der Waals surface area contributed by atoms with Gasteiger partial charge < -0.3 is 9.64 Å². The smallest absolute Gasteiger partial charge is 0.246 e. The summed E-state index contributed by atoms with van der Waals surface area (Å²) >= 11 is 0. The van der Waals surface area contributed by atoms with Crippen molar-refractivity contribution < 1.29 is 14.3 Å². The van der Waals surface area contributed by atoms with Gasteiger partial charge in [0.1, 0.15) is 12.3 Å². The normalized spacial score (nSPS) is 18.5. The second-order valence-electron chi connectivity index (χ2n) is 5.60. The SMILES string of the molecule is O=C1CC2(CN(C(=O)Cn3ncnn3)C2)Oc2ccccc21. The molecule has 1 spiro atoms. The first-order chi connectivity index (χ1) is 10.7. The minimum absolute atomic E-state index is 0.0423. The van der Waals surface area contributed by atoms with Crippen molar-refractivity contribution in [3.63, 3.8) is 0 Å². The highest BCUT2D eigenvalue weighted by atomic mass is 16.5. The predicted molar refractivity (Wildman–Crippen MR) is 73.1 cm³/mol. The number of hydrogen-bond acceptors (Lipinski definition) is 6. The number of hydrogen-bond donors (Lipinski definition) is 0. The average Bonchev–Trinajstić information content (AvgIpc) is 2.97. The molecule has 0 saturated carbocycles. The maximum absolute atomic E-state index is 12.2. The van der Waals surface area contributed by atoms with Crippen molar-refractivity contribution in [2.24, 2.45) is 0 Å². The van der Waals surface area contributed by atoms with Gasteiger partial charge in [0.2, 0.25) is 5.91 Å². The summed E-state index contributed by atoms with van der Waals surface area (Å²) in [4.78, 5) is 27.2. The van der Waals surface area contributed by atoms with Gasteiger partial charge in [0.05, 0.1) is 25.1 Å². The van der Waals surface area contributed by atoms with Crippen LogP contribution in [-0.4, -0.2) is 55.5 Å². The molecule has 1 fully saturated rings. The Morgan fingerprint density at radius 2 is 2.14 bits per heavy atom. The number of ether oxygens (including phenoxy) is 1. The van der Waals surface area contributed by atoms with Crippen LogP contribution < -0.4 is 4.74 Å². The molecule has 2 aliphatic heterocycles. The van der Waals surface area contributed by atoms with E-state index in [-0.39, 0.29) is 18.2 Å². The zero-order valence-corrected chi connectivity index (χ0v) is 11.7. The molecule has 0 aliphatic carbocycles. The fourth-order valence-electron chi connectivity index (χ4n) is 2.93. The number of tetrazole rings is 1. The van der Waals surface area contributed by atoms with Crippen LogP contribution in [-0.2, 0) is 11.3 Å². The van der Waals surface area contributed by atoms with Crippen molar-refractivity contribution in [3.8, 4) is 5.75 Å². The molecule has 0 radical (unpaired) electrons. The summed E-state index contributed by atoms with van der Waals surface area (Å²) in [5.41, 5.74) is 0.0291. The fourth-order valence-corrected chi connectivity index (χ4v) is 2.93. The van der Waals surface area contributed by atoms with Crippen molar-refractivity contribution >= 4 is 11.7 Å². The Morgan fingerprint density at radius 1 is 1.32 bits per heavy atom. The highest BCUT2D eigenvalue weighted by Gasteiger charge is 2.51. The van der Waals surface area contributed by atoms with E-state index in [2.05, 4.69) is 15.4 Å². The van der Waals surface area contributed by atoms with Crippen LogP contribution in [0, 0.1) is 0 Å². The molecule has 1 saturated heterocycles. The molecular formula is C14H13N5O3. The van der Waals surface area contributed by atoms with Crippen LogP contribution in [0.4, 0.5) is 0 Å². The van der Waals surface area contributed by atoms with Crippen molar-refractivity contribution in [2.45, 2.75) is 18.6 Å². The van der Waals surface area contributed by atoms with Crippen molar-refractivity contribution in [1.82, 2.24) is 25.1 Å². The highest BCUT2D eigenvalue weighted by Crippen LogP contribution is 2.38. The van der Waals surface area contributed by atoms with Crippen LogP contribution in [0.1, 0.15) is 16.8 Å². The lowest BCUT2D eigenvalue weighted by atomic mass is 9.83. The second-order valence-corrected chi connectivity index (χ2v) is 5.60. The van der Waals surface area contributed by atoms with E-state index in [4.69, 9.17) is 4.74 Å². The molecule has 8 heteroatoms. The zero-order valence-electron chi connectivity index (χ0n) is 11.7. The first-order valence-corrected chi connectivity index (χ1v) is 6.95. The van der Waals surface area contributed by atoms with Gasteiger partial charge in [-0.2, -0.15) is 4.80 Å². The van der Waals surface area contributed by atoms with E-state index in [0.717, 1.165) is 0 Å². The van der Waals surface area contributed by atoms with Gasteiger partial charge >= 0.3 is 0 Å². The highest BCUT2D eigenvalue weighted by molar-refractivity contribution is 6.00. The predicted octanol–water partition coefficient (Wildman–Crippen LogP) is -0.0805. The maximum atomic E-state index is 12.2. The summed E-state index contributed by atoms with van der Waals surface area (Å²) in [5, 5.41) is 11.0. The molecule has 1 amide bonds. The number of para-hydroxylation sites is 1. The largest absolute Gasteiger partial charge is 0.482 e. The van der Waals surface area contributed by atoms with Crippen LogP contribution in [0.3, 0.4) is 0 Å². The summed E-state index contributed by atoms with van der Waals surface area (Å²) in [6.07, 6.45) is 1.58. The average molecular weight is 299 g/mol. The Hall–Kier alpha value is -2.77. The summed E-state index contributed by atoms with van der Waals surface area (Å²) in [6, 6.07) is 7.21. The summed E-state index contributed by atoms with van der Waals surface area (Å²) in [5.74, 6) is 0.550. The van der Waals surface area contributed by atoms with Crippen LogP contribution in [0.2, 0.25) is 0 Å². The second kappa shape index (κ2) is 4.62. The number of ketones is 1. The summed E-state index contributed by atoms with van der Waals surface area (Å²) in [7, 11) is 0. The Labute approximate surface area is 125 Å². The summed E-state index contributed by atoms with van der Waals surface area (Å²) < 4.78 is 5.98. The third-order valence-electron chi connectivity index (χ3n) is 3.98. The van der Waals surface area contributed by atoms with E-state index in [9.17, 15) is 9.59 Å². The lowest BCUT2D eigenvalue weighted by Gasteiger charge is -2.51. The Morgan fingerprint density at radius 3 is 2.91 bits per heavy atom. The van der Waals surface area contributed by atoms with Crippen LogP contribution in [0.5, 0.6) is 5.75 Å². The molecule has 0 unspecified atom stereocenters. The molecule has 2 aromatic rings. The van der Waals surface area contributed by atoms with Gasteiger partial charge in [0, 0.05) is 0 Å². The zero-order chi connectivity index (χ0) is 15.2. The number of nitrogens with zero attached hydrogens (tertiary/aromatic N) is 5. The quantitative estimate of drug-likeness (QED) is 0.770. The van der Waals surface area contributed by atoms with Crippen molar-refractivity contribution in [2.75, 3.05) is 13.1 Å². The Balaban J connectivity index is 1.45. The minimum atomic E-state index is -0.586. The lowest BCUT2D eigenvalue weighted by molar-refractivity contribution is -0.152. The van der Waals surface area contributed by atoms with E-state index < -0.39 is 5.60 Å². The molecule has 3 heterocycles. The number of rotatable bonds is 2. The van der Waals surface area contributed by atoms with E-state index in [1.165, 1.54) is 11.1 Å². The van der Waals surface area contributed by atoms with Crippen molar-refractivity contribution in [1.29, 1.82) is 0 Å². The number of fused-ring (bicyclic) bond motifs is 1. The number of aromatic nitrogens is 4. The number of Topliss-reactive ketones (excluding diaryl/α,β-unsaturated/α-hetero) is 1. The first-order valence-electron chi connectivity index (χ1n) is 6.95. The van der Waals surface area contributed by atoms with Gasteiger partial charge in [-0.25, -0.2) is 0 Å². The monoisotopic (exact) mass is 299 g/mol. The molecule has 22 heavy (non-hydrogen) atoms. The number of benzene rings is 1. The Kier molecular flexibility index (Phi) is 2.72. The van der Waals surface area contributed by atoms with E-state index in [0.29, 0.717) is 30.8 Å². The number of amides is 1. The molecule has 1 aromatic heterocycles. The van der Waals surface area contributed by atoms with Gasteiger partial charge in [-0.1, -0.05) is 12.1 Å². The van der Waals surface area contributed by atoms with Crippen LogP contribution in [0.25, 0.3) is 0 Å². The van der Waals surface area contributed by atoms with Gasteiger partial charge in [-0.05, 0) is 17.3 Å². The van der Waals surface area contributed by atoms with E-state index in [1.54, 1.807) is 17.0 Å². The molecule has 8 nitrogen and oxygen atoms in total. The summed E-state index contributed by atoms with van der Waals surface area (Å²) in [6.45, 7) is 0.849. The fraction of sp³-hybridized carbons (Fsp3) is 0.357. The standard InChI is InChI=1S/C14H13N5O3/c20-11-5-14(22-12-4-2-1-3-10(11)12)7-18(8-14)13(21)6-19-16-9-15-17-19/h1-4,9H,5-8H2. The molecule has 4 rings (SSSR count). The van der Waals surface area contributed by atoms with Crippen LogP contribution in [0.15, 0.2) is 30.6 Å². The molecule has 0 bridgehead atoms. The third-order valence-corrected chi connectivity index (χ3v) is 3.98. The van der Waals surface area contributed by atoms with Crippen LogP contribution >= 0.6 is 0 Å². The van der Waals surface area contributed by atoms with Gasteiger partial charge in [-0.15, -0.1) is 10.2 Å². The topological polar surface area (TPSA) is 90.2 Å². The molecular weight excluding hydrogens is 286 g/mol. The van der Waals surface area contributed by atoms with Gasteiger partial charge in [0.25, 0.3) is 0 Å². The molecule has 1 aromatic carbocycles. The van der Waals surface area contributed by atoms with Crippen molar-refractivity contribution in [3.05, 3.63) is 36.2 Å². The number of carbonyl (C=O) groups excluding carboxylic acids is 2. The van der Waals surface area contributed by atoms with Gasteiger partial charge in [-0.3, -0.25) is 9.59 Å². The number of carbonyl (C=O) groups is 2.